The molecule has 12 nitrogen and oxygen atoms in total. The second-order valence-corrected chi connectivity index (χ2v) is 12.7. The summed E-state index contributed by atoms with van der Waals surface area (Å²) >= 11 is 0. The van der Waals surface area contributed by atoms with Gasteiger partial charge in [0, 0.05) is 32.4 Å². The zero-order valence-corrected chi connectivity index (χ0v) is 26.3. The Morgan fingerprint density at radius 2 is 1.60 bits per heavy atom. The van der Waals surface area contributed by atoms with Crippen LogP contribution in [-0.2, 0) is 16.0 Å². The topological polar surface area (TPSA) is 146 Å². The Morgan fingerprint density at radius 3 is 2.14 bits per heavy atom. The van der Waals surface area contributed by atoms with Crippen LogP contribution in [-0.4, -0.2) is 86.4 Å². The maximum Gasteiger partial charge on any atom is 0.408 e. The number of piperazine rings is 1. The van der Waals surface area contributed by atoms with Crippen molar-refractivity contribution in [3.63, 3.8) is 0 Å². The highest BCUT2D eigenvalue weighted by atomic mass is 16.6. The van der Waals surface area contributed by atoms with E-state index in [1.54, 1.807) is 48.8 Å². The van der Waals surface area contributed by atoms with Gasteiger partial charge in [0.25, 0.3) is 0 Å². The van der Waals surface area contributed by atoms with Gasteiger partial charge in [0.15, 0.2) is 0 Å². The first-order chi connectivity index (χ1) is 20.1. The van der Waals surface area contributed by atoms with Gasteiger partial charge < -0.3 is 25.0 Å². The smallest absolute Gasteiger partial charge is 0.408 e. The molecule has 236 valence electrons. The number of rotatable bonds is 9. The third kappa shape index (κ3) is 9.28. The number of amides is 4. The zero-order chi connectivity index (χ0) is 31.9. The van der Waals surface area contributed by atoms with E-state index in [-0.39, 0.29) is 49.4 Å². The maximum atomic E-state index is 13.3. The SMILES string of the molecule is CCCC(OC(=O)NC(C)(C)C(=O)N1CCN(C(=O)Nc2ccn(-c3ccc(CC(C)O)cc3)c(=O)n2)CC1)C(C)(C)C. The van der Waals surface area contributed by atoms with Gasteiger partial charge in [-0.2, -0.15) is 4.98 Å². The Balaban J connectivity index is 1.53. The highest BCUT2D eigenvalue weighted by molar-refractivity contribution is 5.90. The van der Waals surface area contributed by atoms with Crippen LogP contribution in [0.4, 0.5) is 15.4 Å². The Hall–Kier alpha value is -3.93. The predicted octanol–water partition coefficient (Wildman–Crippen LogP) is 3.55. The van der Waals surface area contributed by atoms with Crippen molar-refractivity contribution in [1.82, 2.24) is 24.7 Å². The Bertz CT molecular complexity index is 1320. The quantitative estimate of drug-likeness (QED) is 0.400. The molecule has 1 aliphatic rings. The van der Waals surface area contributed by atoms with Gasteiger partial charge in [0.1, 0.15) is 17.5 Å². The van der Waals surface area contributed by atoms with E-state index in [4.69, 9.17) is 4.74 Å². The maximum absolute atomic E-state index is 13.3. The number of ether oxygens (including phenoxy) is 1. The van der Waals surface area contributed by atoms with Crippen LogP contribution in [0.25, 0.3) is 5.69 Å². The lowest BCUT2D eigenvalue weighted by atomic mass is 9.86. The molecule has 2 heterocycles. The Morgan fingerprint density at radius 1 is 1.00 bits per heavy atom. The standard InChI is InChI=1S/C31H46N6O6/c1-8-9-24(30(3,4)5)43-29(42)34-31(6,7)26(39)35-16-18-36(19-17-35)27(40)32-25-14-15-37(28(41)33-25)23-12-10-22(11-13-23)20-21(2)38/h10-15,21,24,38H,8-9,16-20H2,1-7H3,(H,34,42)(H,32,33,40,41). The first kappa shape index (κ1) is 33.6. The van der Waals surface area contributed by atoms with Crippen molar-refractivity contribution in [2.24, 2.45) is 5.41 Å². The molecule has 1 aliphatic heterocycles. The number of aliphatic hydroxyl groups excluding tert-OH is 1. The van der Waals surface area contributed by atoms with E-state index in [0.717, 1.165) is 18.4 Å². The second kappa shape index (κ2) is 14.0. The molecule has 2 atom stereocenters. The van der Waals surface area contributed by atoms with Crippen LogP contribution in [0.1, 0.15) is 66.9 Å². The molecule has 1 saturated heterocycles. The molecule has 1 aromatic carbocycles. The van der Waals surface area contributed by atoms with Crippen LogP contribution < -0.4 is 16.3 Å². The van der Waals surface area contributed by atoms with Crippen LogP contribution in [0, 0.1) is 5.41 Å². The first-order valence-electron chi connectivity index (χ1n) is 14.8. The summed E-state index contributed by atoms with van der Waals surface area (Å²) in [5, 5.41) is 14.9. The number of carbonyl (C=O) groups excluding carboxylic acids is 3. The highest BCUT2D eigenvalue weighted by Crippen LogP contribution is 2.26. The molecule has 3 N–H and O–H groups in total. The van der Waals surface area contributed by atoms with Crippen LogP contribution >= 0.6 is 0 Å². The van der Waals surface area contributed by atoms with Crippen molar-refractivity contribution < 1.29 is 24.2 Å². The van der Waals surface area contributed by atoms with Crippen molar-refractivity contribution in [3.05, 3.63) is 52.6 Å². The molecule has 0 saturated carbocycles. The molecule has 2 aromatic rings. The number of aromatic nitrogens is 2. The molecule has 4 amide bonds. The summed E-state index contributed by atoms with van der Waals surface area (Å²) in [4.78, 5) is 58.6. The number of hydrogen-bond donors (Lipinski definition) is 3. The van der Waals surface area contributed by atoms with Gasteiger partial charge in [-0.15, -0.1) is 0 Å². The Labute approximate surface area is 253 Å². The van der Waals surface area contributed by atoms with Gasteiger partial charge in [0.05, 0.1) is 11.8 Å². The molecule has 1 fully saturated rings. The largest absolute Gasteiger partial charge is 0.446 e. The lowest BCUT2D eigenvalue weighted by Crippen LogP contribution is -2.60. The number of hydrogen-bond acceptors (Lipinski definition) is 7. The number of nitrogens with one attached hydrogen (secondary N) is 2. The minimum atomic E-state index is -1.19. The lowest BCUT2D eigenvalue weighted by Gasteiger charge is -2.39. The van der Waals surface area contributed by atoms with Crippen molar-refractivity contribution in [2.45, 2.75) is 85.5 Å². The van der Waals surface area contributed by atoms with Gasteiger partial charge in [-0.1, -0.05) is 46.2 Å². The number of aliphatic hydroxyl groups is 1. The zero-order valence-electron chi connectivity index (χ0n) is 26.3. The van der Waals surface area contributed by atoms with Gasteiger partial charge >= 0.3 is 17.8 Å². The molecule has 0 radical (unpaired) electrons. The molecule has 0 bridgehead atoms. The number of urea groups is 1. The molecule has 3 rings (SSSR count). The Kier molecular flexibility index (Phi) is 11.0. The summed E-state index contributed by atoms with van der Waals surface area (Å²) in [5.74, 6) is -0.146. The first-order valence-corrected chi connectivity index (χ1v) is 14.8. The van der Waals surface area contributed by atoms with E-state index in [0.29, 0.717) is 12.1 Å². The van der Waals surface area contributed by atoms with Crippen LogP contribution in [0.3, 0.4) is 0 Å². The van der Waals surface area contributed by atoms with E-state index < -0.39 is 29.5 Å². The molecule has 2 unspecified atom stereocenters. The van der Waals surface area contributed by atoms with Gasteiger partial charge in [0.2, 0.25) is 5.91 Å². The van der Waals surface area contributed by atoms with Crippen molar-refractivity contribution >= 4 is 23.8 Å². The van der Waals surface area contributed by atoms with Gasteiger partial charge in [-0.25, -0.2) is 14.4 Å². The van der Waals surface area contributed by atoms with E-state index in [9.17, 15) is 24.3 Å². The van der Waals surface area contributed by atoms with Crippen molar-refractivity contribution in [1.29, 1.82) is 0 Å². The predicted molar refractivity (Wildman–Crippen MR) is 164 cm³/mol. The number of alkyl carbamates (subject to hydrolysis) is 1. The normalized spacial score (nSPS) is 15.4. The summed E-state index contributed by atoms with van der Waals surface area (Å²) in [6, 6.07) is 8.34. The number of nitrogens with zero attached hydrogens (tertiary/aromatic N) is 4. The third-order valence-electron chi connectivity index (χ3n) is 7.35. The van der Waals surface area contributed by atoms with E-state index >= 15 is 0 Å². The summed E-state index contributed by atoms with van der Waals surface area (Å²) in [6.07, 6.45) is 2.28. The van der Waals surface area contributed by atoms with Crippen LogP contribution in [0.5, 0.6) is 0 Å². The molecular formula is C31H46N6O6. The van der Waals surface area contributed by atoms with Gasteiger partial charge in [-0.3, -0.25) is 14.7 Å². The fourth-order valence-corrected chi connectivity index (χ4v) is 4.90. The number of anilines is 1. The average Bonchev–Trinajstić information content (AvgIpc) is 2.92. The molecule has 43 heavy (non-hydrogen) atoms. The van der Waals surface area contributed by atoms with Crippen LogP contribution in [0.2, 0.25) is 0 Å². The van der Waals surface area contributed by atoms with E-state index in [1.807, 2.05) is 39.8 Å². The van der Waals surface area contributed by atoms with Crippen molar-refractivity contribution in [2.75, 3.05) is 31.5 Å². The highest BCUT2D eigenvalue weighted by Gasteiger charge is 2.37. The number of carbonyl (C=O) groups is 3. The summed E-state index contributed by atoms with van der Waals surface area (Å²) in [5.41, 5.74) is -0.401. The minimum absolute atomic E-state index is 0.121. The summed E-state index contributed by atoms with van der Waals surface area (Å²) < 4.78 is 7.04. The van der Waals surface area contributed by atoms with E-state index in [2.05, 4.69) is 15.6 Å². The summed E-state index contributed by atoms with van der Waals surface area (Å²) in [6.45, 7) is 14.2. The molecule has 1 aromatic heterocycles. The molecular weight excluding hydrogens is 552 g/mol. The lowest BCUT2D eigenvalue weighted by molar-refractivity contribution is -0.138. The fourth-order valence-electron chi connectivity index (χ4n) is 4.90. The van der Waals surface area contributed by atoms with Gasteiger partial charge in [-0.05, 0) is 62.8 Å². The molecule has 0 aliphatic carbocycles. The number of benzene rings is 1. The average molecular weight is 599 g/mol. The monoisotopic (exact) mass is 598 g/mol. The van der Waals surface area contributed by atoms with Crippen molar-refractivity contribution in [3.8, 4) is 5.69 Å². The molecule has 0 spiro atoms. The second-order valence-electron chi connectivity index (χ2n) is 12.7. The minimum Gasteiger partial charge on any atom is -0.446 e. The molecule has 12 heteroatoms. The van der Waals surface area contributed by atoms with E-state index in [1.165, 1.54) is 10.8 Å². The van der Waals surface area contributed by atoms with Crippen LogP contribution in [0.15, 0.2) is 41.3 Å². The summed E-state index contributed by atoms with van der Waals surface area (Å²) in [7, 11) is 0. The fraction of sp³-hybridized carbons (Fsp3) is 0.581. The third-order valence-corrected chi connectivity index (χ3v) is 7.35.